The Bertz CT molecular complexity index is 979. The molecule has 0 aliphatic rings. The summed E-state index contributed by atoms with van der Waals surface area (Å²) < 4.78 is 5.65. The first-order valence-electron chi connectivity index (χ1n) is 14.2. The number of carbonyl (C=O) groups is 2. The van der Waals surface area contributed by atoms with Gasteiger partial charge in [0.05, 0.1) is 0 Å². The van der Waals surface area contributed by atoms with Crippen LogP contribution in [0.15, 0.2) is 97.1 Å². The zero-order valence-electron chi connectivity index (χ0n) is 23.0. The van der Waals surface area contributed by atoms with Crippen LogP contribution in [-0.2, 0) is 20.7 Å². The van der Waals surface area contributed by atoms with E-state index < -0.39 is 6.10 Å². The summed E-state index contributed by atoms with van der Waals surface area (Å²) in [4.78, 5) is 25.4. The number of nitrogens with one attached hydrogen (secondary N) is 1. The quantitative estimate of drug-likeness (QED) is 0.116. The van der Waals surface area contributed by atoms with Crippen LogP contribution < -0.4 is 5.32 Å². The van der Waals surface area contributed by atoms with Gasteiger partial charge in [-0.05, 0) is 50.5 Å². The van der Waals surface area contributed by atoms with E-state index >= 15 is 0 Å². The second-order valence-electron chi connectivity index (χ2n) is 9.41. The van der Waals surface area contributed by atoms with Crippen molar-refractivity contribution in [1.82, 2.24) is 5.32 Å². The fraction of sp³-hybridized carbons (Fsp3) is 0.412. The second-order valence-corrected chi connectivity index (χ2v) is 9.41. The number of esters is 1. The number of hydrogen-bond acceptors (Lipinski definition) is 3. The van der Waals surface area contributed by atoms with Gasteiger partial charge in [-0.25, -0.2) is 0 Å². The van der Waals surface area contributed by atoms with Crippen LogP contribution in [0.4, 0.5) is 0 Å². The summed E-state index contributed by atoms with van der Waals surface area (Å²) in [6.07, 6.45) is 22.9. The molecule has 0 saturated carbocycles. The van der Waals surface area contributed by atoms with Crippen LogP contribution in [0.3, 0.4) is 0 Å². The maximum absolute atomic E-state index is 12.9. The Balaban J connectivity index is 1.62. The van der Waals surface area contributed by atoms with E-state index in [4.69, 9.17) is 4.74 Å². The molecule has 1 amide bonds. The average molecular weight is 516 g/mol. The molecule has 0 saturated heterocycles. The minimum atomic E-state index is -0.922. The van der Waals surface area contributed by atoms with Crippen molar-refractivity contribution in [3.05, 3.63) is 108 Å². The molecule has 4 heteroatoms. The van der Waals surface area contributed by atoms with Crippen LogP contribution in [0, 0.1) is 0 Å². The van der Waals surface area contributed by atoms with Crippen molar-refractivity contribution in [3.63, 3.8) is 0 Å². The summed E-state index contributed by atoms with van der Waals surface area (Å²) in [6, 6.07) is 19.2. The van der Waals surface area contributed by atoms with Crippen molar-refractivity contribution < 1.29 is 14.3 Å². The highest BCUT2D eigenvalue weighted by atomic mass is 16.5. The first-order valence-corrected chi connectivity index (χ1v) is 14.2. The number of carbonyl (C=O) groups excluding carboxylic acids is 2. The molecule has 204 valence electrons. The Labute approximate surface area is 229 Å². The first-order chi connectivity index (χ1) is 18.7. The van der Waals surface area contributed by atoms with Crippen LogP contribution in [0.1, 0.15) is 88.4 Å². The van der Waals surface area contributed by atoms with Gasteiger partial charge in [0.2, 0.25) is 6.10 Å². The van der Waals surface area contributed by atoms with E-state index in [9.17, 15) is 9.59 Å². The van der Waals surface area contributed by atoms with Gasteiger partial charge in [0.15, 0.2) is 0 Å². The smallest absolute Gasteiger partial charge is 0.306 e. The highest BCUT2D eigenvalue weighted by molar-refractivity contribution is 5.85. The summed E-state index contributed by atoms with van der Waals surface area (Å²) in [5.41, 5.74) is 1.84. The maximum atomic E-state index is 12.9. The lowest BCUT2D eigenvalue weighted by Gasteiger charge is -2.18. The molecular weight excluding hydrogens is 470 g/mol. The van der Waals surface area contributed by atoms with Crippen LogP contribution in [0.2, 0.25) is 0 Å². The normalized spacial score (nSPS) is 12.3. The third kappa shape index (κ3) is 14.4. The Morgan fingerprint density at radius 1 is 0.763 bits per heavy atom. The fourth-order valence-electron chi connectivity index (χ4n) is 4.05. The van der Waals surface area contributed by atoms with Crippen molar-refractivity contribution in [2.75, 3.05) is 6.54 Å². The van der Waals surface area contributed by atoms with E-state index in [1.807, 2.05) is 60.7 Å². The van der Waals surface area contributed by atoms with Crippen molar-refractivity contribution in [2.24, 2.45) is 0 Å². The molecule has 0 fully saturated rings. The summed E-state index contributed by atoms with van der Waals surface area (Å²) in [7, 11) is 0. The predicted octanol–water partition coefficient (Wildman–Crippen LogP) is 8.22. The number of rotatable bonds is 19. The molecule has 2 aromatic carbocycles. The maximum Gasteiger partial charge on any atom is 0.306 e. The molecule has 0 spiro atoms. The van der Waals surface area contributed by atoms with E-state index in [1.165, 1.54) is 6.42 Å². The second kappa shape index (κ2) is 20.6. The highest BCUT2D eigenvalue weighted by Gasteiger charge is 2.24. The Hall–Kier alpha value is -3.40. The van der Waals surface area contributed by atoms with Crippen molar-refractivity contribution in [1.29, 1.82) is 0 Å². The molecule has 0 aromatic heterocycles. The third-order valence-corrected chi connectivity index (χ3v) is 6.18. The molecule has 0 aliphatic carbocycles. The summed E-state index contributed by atoms with van der Waals surface area (Å²) in [6.45, 7) is 2.64. The molecule has 0 heterocycles. The molecule has 38 heavy (non-hydrogen) atoms. The van der Waals surface area contributed by atoms with Gasteiger partial charge in [0, 0.05) is 18.5 Å². The Kier molecular flexibility index (Phi) is 16.7. The van der Waals surface area contributed by atoms with E-state index in [0.717, 1.165) is 63.4 Å². The molecule has 2 aromatic rings. The molecule has 2 rings (SSSR count). The van der Waals surface area contributed by atoms with Gasteiger partial charge in [0.1, 0.15) is 0 Å². The lowest BCUT2D eigenvalue weighted by atomic mass is 10.1. The van der Waals surface area contributed by atoms with Gasteiger partial charge in [-0.15, -0.1) is 0 Å². The number of unbranched alkanes of at least 4 members (excludes halogenated alkanes) is 5. The fourth-order valence-corrected chi connectivity index (χ4v) is 4.05. The first kappa shape index (κ1) is 30.8. The van der Waals surface area contributed by atoms with Gasteiger partial charge in [0.25, 0.3) is 5.91 Å². The zero-order chi connectivity index (χ0) is 27.1. The average Bonchev–Trinajstić information content (AvgIpc) is 2.94. The van der Waals surface area contributed by atoms with E-state index in [1.54, 1.807) is 0 Å². The molecule has 0 aliphatic heterocycles. The predicted molar refractivity (Wildman–Crippen MR) is 158 cm³/mol. The standard InChI is InChI=1S/C34H45NO3/c1-2-3-4-5-6-7-8-9-10-11-12-13-14-15-22-27-32(36)38-33(31-25-20-17-21-26-31)34(37)35-29-28-30-23-18-16-19-24-30/h3-4,6-7,9-10,16-21,23-26,33H,2,5,8,11-15,22,27-29H2,1H3,(H,35,37)/b4-3-,7-6-,10-9-. The van der Waals surface area contributed by atoms with E-state index in [0.29, 0.717) is 18.5 Å². The van der Waals surface area contributed by atoms with E-state index in [2.05, 4.69) is 48.7 Å². The molecule has 1 N–H and O–H groups in total. The van der Waals surface area contributed by atoms with Gasteiger partial charge in [-0.3, -0.25) is 9.59 Å². The Morgan fingerprint density at radius 2 is 1.37 bits per heavy atom. The van der Waals surface area contributed by atoms with Gasteiger partial charge in [-0.1, -0.05) is 123 Å². The largest absolute Gasteiger partial charge is 0.447 e. The van der Waals surface area contributed by atoms with Crippen molar-refractivity contribution in [3.8, 4) is 0 Å². The number of hydrogen-bond donors (Lipinski definition) is 1. The van der Waals surface area contributed by atoms with Crippen LogP contribution in [0.5, 0.6) is 0 Å². The van der Waals surface area contributed by atoms with Crippen molar-refractivity contribution >= 4 is 11.9 Å². The third-order valence-electron chi connectivity index (χ3n) is 6.18. The molecule has 1 unspecified atom stereocenters. The SMILES string of the molecule is CC/C=C\C/C=C\C/C=C\CCCCCCCC(=O)OC(C(=O)NCCc1ccccc1)c1ccccc1. The molecule has 0 bridgehead atoms. The van der Waals surface area contributed by atoms with Gasteiger partial charge < -0.3 is 10.1 Å². The van der Waals surface area contributed by atoms with Crippen LogP contribution >= 0.6 is 0 Å². The number of ether oxygens (including phenoxy) is 1. The lowest BCUT2D eigenvalue weighted by molar-refractivity contribution is -0.156. The van der Waals surface area contributed by atoms with Crippen LogP contribution in [-0.4, -0.2) is 18.4 Å². The minimum Gasteiger partial charge on any atom is -0.447 e. The lowest BCUT2D eigenvalue weighted by Crippen LogP contribution is -2.33. The molecular formula is C34H45NO3. The summed E-state index contributed by atoms with van der Waals surface area (Å²) in [5.74, 6) is -0.601. The number of amides is 1. The summed E-state index contributed by atoms with van der Waals surface area (Å²) in [5, 5.41) is 2.93. The minimum absolute atomic E-state index is 0.280. The zero-order valence-corrected chi connectivity index (χ0v) is 23.0. The summed E-state index contributed by atoms with van der Waals surface area (Å²) >= 11 is 0. The number of allylic oxidation sites excluding steroid dienone is 6. The molecule has 0 radical (unpaired) electrons. The highest BCUT2D eigenvalue weighted by Crippen LogP contribution is 2.19. The van der Waals surface area contributed by atoms with Gasteiger partial charge in [-0.2, -0.15) is 0 Å². The van der Waals surface area contributed by atoms with Crippen LogP contribution in [0.25, 0.3) is 0 Å². The monoisotopic (exact) mass is 515 g/mol. The molecule has 1 atom stereocenters. The van der Waals surface area contributed by atoms with Gasteiger partial charge >= 0.3 is 5.97 Å². The van der Waals surface area contributed by atoms with Crippen molar-refractivity contribution in [2.45, 2.75) is 83.7 Å². The number of benzene rings is 2. The Morgan fingerprint density at radius 3 is 2.08 bits per heavy atom. The topological polar surface area (TPSA) is 55.4 Å². The molecule has 4 nitrogen and oxygen atoms in total. The van der Waals surface area contributed by atoms with E-state index in [-0.39, 0.29) is 11.9 Å².